The van der Waals surface area contributed by atoms with Crippen LogP contribution in [0.1, 0.15) is 47.1 Å². The molecule has 4 rings (SSSR count). The number of hydrogen-bond acceptors (Lipinski definition) is 5. The third-order valence-corrected chi connectivity index (χ3v) is 5.85. The maximum absolute atomic E-state index is 13.2. The minimum atomic E-state index is 0.0210. The van der Waals surface area contributed by atoms with Crippen LogP contribution in [0.5, 0.6) is 0 Å². The zero-order valence-electron chi connectivity index (χ0n) is 15.5. The lowest BCUT2D eigenvalue weighted by atomic mass is 9.83. The number of hydrogen-bond donors (Lipinski definition) is 2. The van der Waals surface area contributed by atoms with Gasteiger partial charge in [-0.05, 0) is 50.4 Å². The number of piperidine rings is 1. The summed E-state index contributed by atoms with van der Waals surface area (Å²) in [5.74, 6) is 0.447. The van der Waals surface area contributed by atoms with Crippen molar-refractivity contribution in [2.75, 3.05) is 32.8 Å². The second-order valence-electron chi connectivity index (χ2n) is 7.46. The molecule has 0 bridgehead atoms. The summed E-state index contributed by atoms with van der Waals surface area (Å²) in [7, 11) is 0. The molecule has 144 valence electrons. The second-order valence-corrected chi connectivity index (χ2v) is 7.46. The number of aliphatic hydroxyl groups excluding tert-OH is 1. The highest BCUT2D eigenvalue weighted by molar-refractivity contribution is 5.94. The number of pyridine rings is 1. The lowest BCUT2D eigenvalue weighted by molar-refractivity contribution is 0.0466. The topological polar surface area (TPSA) is 85.4 Å². The largest absolute Gasteiger partial charge is 0.396 e. The molecule has 0 spiro atoms. The van der Waals surface area contributed by atoms with E-state index in [0.29, 0.717) is 18.0 Å². The first-order chi connectivity index (χ1) is 13.3. The summed E-state index contributed by atoms with van der Waals surface area (Å²) in [6.45, 7) is 3.91. The Morgan fingerprint density at radius 1 is 1.30 bits per heavy atom. The van der Waals surface area contributed by atoms with Crippen molar-refractivity contribution in [3.05, 3.63) is 47.8 Å². The zero-order chi connectivity index (χ0) is 18.6. The summed E-state index contributed by atoms with van der Waals surface area (Å²) < 4.78 is 0. The van der Waals surface area contributed by atoms with Crippen molar-refractivity contribution in [1.29, 1.82) is 0 Å². The van der Waals surface area contributed by atoms with Gasteiger partial charge < -0.3 is 19.9 Å². The van der Waals surface area contributed by atoms with Gasteiger partial charge in [0, 0.05) is 44.2 Å². The van der Waals surface area contributed by atoms with Crippen LogP contribution in [0.2, 0.25) is 0 Å². The van der Waals surface area contributed by atoms with E-state index in [9.17, 15) is 4.79 Å². The first kappa shape index (κ1) is 18.1. The number of nitrogens with zero attached hydrogens (tertiary/aromatic N) is 4. The van der Waals surface area contributed by atoms with Crippen LogP contribution in [0.3, 0.4) is 0 Å². The maximum atomic E-state index is 13.2. The minimum Gasteiger partial charge on any atom is -0.396 e. The average Bonchev–Trinajstić information content (AvgIpc) is 3.21. The number of carbonyl (C=O) groups is 1. The number of aromatic amines is 1. The van der Waals surface area contributed by atoms with Crippen LogP contribution < -0.4 is 0 Å². The molecule has 1 saturated heterocycles. The van der Waals surface area contributed by atoms with Crippen LogP contribution in [0.4, 0.5) is 0 Å². The second kappa shape index (κ2) is 8.19. The highest BCUT2D eigenvalue weighted by Crippen LogP contribution is 2.39. The average molecular weight is 369 g/mol. The fourth-order valence-electron chi connectivity index (χ4n) is 4.45. The number of aliphatic hydroxyl groups is 1. The lowest BCUT2D eigenvalue weighted by Gasteiger charge is -2.43. The quantitative estimate of drug-likeness (QED) is 0.837. The third-order valence-electron chi connectivity index (χ3n) is 5.85. The number of H-pyrrole nitrogens is 1. The van der Waals surface area contributed by atoms with E-state index in [4.69, 9.17) is 5.11 Å². The van der Waals surface area contributed by atoms with Crippen molar-refractivity contribution in [1.82, 2.24) is 24.8 Å². The molecule has 1 atom stereocenters. The number of imidazole rings is 1. The Morgan fingerprint density at radius 3 is 2.89 bits per heavy atom. The molecule has 1 unspecified atom stereocenters. The fourth-order valence-corrected chi connectivity index (χ4v) is 4.45. The monoisotopic (exact) mass is 369 g/mol. The Labute approximate surface area is 159 Å². The summed E-state index contributed by atoms with van der Waals surface area (Å²) in [6.07, 6.45) is 8.82. The Morgan fingerprint density at radius 2 is 2.15 bits per heavy atom. The highest BCUT2D eigenvalue weighted by atomic mass is 16.3. The fraction of sp³-hybridized carbons (Fsp3) is 0.550. The number of fused-ring (bicyclic) bond motifs is 1. The van der Waals surface area contributed by atoms with E-state index in [1.54, 1.807) is 18.7 Å². The van der Waals surface area contributed by atoms with Crippen LogP contribution in [0.15, 0.2) is 30.9 Å². The molecule has 7 nitrogen and oxygen atoms in total. The standard InChI is InChI=1S/C20H27N5O2/c26-12-2-8-24-9-4-15(5-10-24)19-18-17(22-14-23-18)6-11-25(19)20(27)16-3-1-7-21-13-16/h1,3,7,13-15,19,26H,2,4-6,8-12H2,(H,22,23). The first-order valence-electron chi connectivity index (χ1n) is 9.84. The normalized spacial score (nSPS) is 21.2. The van der Waals surface area contributed by atoms with Gasteiger partial charge in [-0.3, -0.25) is 9.78 Å². The number of amides is 1. The molecule has 2 aromatic rings. The van der Waals surface area contributed by atoms with E-state index in [-0.39, 0.29) is 18.6 Å². The van der Waals surface area contributed by atoms with E-state index < -0.39 is 0 Å². The molecule has 0 aliphatic carbocycles. The molecule has 1 fully saturated rings. The molecular formula is C20H27N5O2. The molecule has 2 aliphatic rings. The van der Waals surface area contributed by atoms with E-state index in [1.807, 2.05) is 17.0 Å². The van der Waals surface area contributed by atoms with E-state index in [2.05, 4.69) is 19.9 Å². The molecule has 0 radical (unpaired) electrons. The number of likely N-dealkylation sites (tertiary alicyclic amines) is 1. The SMILES string of the molecule is O=C(c1cccnc1)N1CCc2[nH]cnc2C1C1CCN(CCCO)CC1. The Hall–Kier alpha value is -2.25. The van der Waals surface area contributed by atoms with Crippen LogP contribution in [-0.4, -0.2) is 68.6 Å². The van der Waals surface area contributed by atoms with E-state index in [1.165, 1.54) is 0 Å². The lowest BCUT2D eigenvalue weighted by Crippen LogP contribution is -2.46. The molecule has 2 aromatic heterocycles. The molecule has 0 aromatic carbocycles. The van der Waals surface area contributed by atoms with Crippen LogP contribution in [-0.2, 0) is 6.42 Å². The van der Waals surface area contributed by atoms with Gasteiger partial charge in [0.05, 0.1) is 23.6 Å². The summed E-state index contributed by atoms with van der Waals surface area (Å²) in [6, 6.07) is 3.67. The Kier molecular flexibility index (Phi) is 5.50. The number of carbonyl (C=O) groups excluding carboxylic acids is 1. The summed E-state index contributed by atoms with van der Waals surface area (Å²) >= 11 is 0. The van der Waals surface area contributed by atoms with Crippen LogP contribution in [0, 0.1) is 5.92 Å². The van der Waals surface area contributed by atoms with Gasteiger partial charge in [0.25, 0.3) is 5.91 Å². The molecule has 1 amide bonds. The van der Waals surface area contributed by atoms with Crippen LogP contribution >= 0.6 is 0 Å². The minimum absolute atomic E-state index is 0.0210. The number of nitrogens with one attached hydrogen (secondary N) is 1. The third kappa shape index (κ3) is 3.75. The predicted molar refractivity (Wildman–Crippen MR) is 101 cm³/mol. The summed E-state index contributed by atoms with van der Waals surface area (Å²) in [5, 5.41) is 9.05. The van der Waals surface area contributed by atoms with Crippen molar-refractivity contribution in [3.63, 3.8) is 0 Å². The van der Waals surface area contributed by atoms with Crippen molar-refractivity contribution in [2.45, 2.75) is 31.7 Å². The van der Waals surface area contributed by atoms with Gasteiger partial charge in [0.15, 0.2) is 0 Å². The van der Waals surface area contributed by atoms with Crippen LogP contribution in [0.25, 0.3) is 0 Å². The number of aromatic nitrogens is 3. The highest BCUT2D eigenvalue weighted by Gasteiger charge is 2.39. The molecule has 0 saturated carbocycles. The van der Waals surface area contributed by atoms with Crippen molar-refractivity contribution in [3.8, 4) is 0 Å². The van der Waals surface area contributed by atoms with Gasteiger partial charge in [0.1, 0.15) is 0 Å². The van der Waals surface area contributed by atoms with Gasteiger partial charge in [-0.2, -0.15) is 0 Å². The zero-order valence-corrected chi connectivity index (χ0v) is 15.5. The van der Waals surface area contributed by atoms with Crippen molar-refractivity contribution < 1.29 is 9.90 Å². The first-order valence-corrected chi connectivity index (χ1v) is 9.84. The molecule has 2 aliphatic heterocycles. The summed E-state index contributed by atoms with van der Waals surface area (Å²) in [5.41, 5.74) is 2.84. The molecular weight excluding hydrogens is 342 g/mol. The maximum Gasteiger partial charge on any atom is 0.256 e. The van der Waals surface area contributed by atoms with E-state index >= 15 is 0 Å². The molecule has 7 heteroatoms. The Bertz CT molecular complexity index is 755. The smallest absolute Gasteiger partial charge is 0.256 e. The predicted octanol–water partition coefficient (Wildman–Crippen LogP) is 1.64. The van der Waals surface area contributed by atoms with Gasteiger partial charge in [-0.1, -0.05) is 0 Å². The van der Waals surface area contributed by atoms with Crippen molar-refractivity contribution >= 4 is 5.91 Å². The van der Waals surface area contributed by atoms with Gasteiger partial charge in [0.2, 0.25) is 0 Å². The van der Waals surface area contributed by atoms with Gasteiger partial charge in [-0.25, -0.2) is 4.98 Å². The van der Waals surface area contributed by atoms with Gasteiger partial charge >= 0.3 is 0 Å². The summed E-state index contributed by atoms with van der Waals surface area (Å²) in [4.78, 5) is 29.6. The number of rotatable bonds is 5. The molecule has 2 N–H and O–H groups in total. The Balaban J connectivity index is 1.55. The van der Waals surface area contributed by atoms with Gasteiger partial charge in [-0.15, -0.1) is 0 Å². The van der Waals surface area contributed by atoms with Crippen molar-refractivity contribution in [2.24, 2.45) is 5.92 Å². The van der Waals surface area contributed by atoms with E-state index in [0.717, 1.165) is 56.7 Å². The molecule has 4 heterocycles. The molecule has 27 heavy (non-hydrogen) atoms.